The topological polar surface area (TPSA) is 122 Å². The second-order valence-electron chi connectivity index (χ2n) is 9.52. The van der Waals surface area contributed by atoms with Gasteiger partial charge in [0.15, 0.2) is 11.5 Å². The Hall–Kier alpha value is -3.39. The molecule has 0 aromatic heterocycles. The summed E-state index contributed by atoms with van der Waals surface area (Å²) in [4.78, 5) is 13.0. The van der Waals surface area contributed by atoms with Crippen molar-refractivity contribution in [2.75, 3.05) is 43.5 Å². The monoisotopic (exact) mass is 639 g/mol. The van der Waals surface area contributed by atoms with Crippen LogP contribution in [0.2, 0.25) is 5.02 Å². The average molecular weight is 640 g/mol. The molecule has 1 N–H and O–H groups in total. The van der Waals surface area contributed by atoms with Gasteiger partial charge in [0, 0.05) is 24.8 Å². The maximum absolute atomic E-state index is 13.9. The maximum Gasteiger partial charge on any atom is 0.264 e. The van der Waals surface area contributed by atoms with Crippen LogP contribution in [0.1, 0.15) is 25.7 Å². The third-order valence-corrected chi connectivity index (χ3v) is 10.7. The number of hydrogen-bond donors (Lipinski definition) is 1. The van der Waals surface area contributed by atoms with Crippen molar-refractivity contribution in [3.05, 3.63) is 71.5 Å². The van der Waals surface area contributed by atoms with Gasteiger partial charge in [-0.05, 0) is 67.4 Å². The second kappa shape index (κ2) is 13.3. The van der Waals surface area contributed by atoms with Gasteiger partial charge in [0.25, 0.3) is 10.0 Å². The van der Waals surface area contributed by atoms with E-state index < -0.39 is 38.3 Å². The number of halogens is 2. The lowest BCUT2D eigenvalue weighted by Gasteiger charge is -2.25. The van der Waals surface area contributed by atoms with E-state index in [1.165, 1.54) is 67.1 Å². The molecule has 0 atom stereocenters. The number of benzene rings is 3. The van der Waals surface area contributed by atoms with Gasteiger partial charge in [-0.2, -0.15) is 4.31 Å². The van der Waals surface area contributed by atoms with Crippen molar-refractivity contribution in [1.82, 2.24) is 4.31 Å². The lowest BCUT2D eigenvalue weighted by atomic mass is 10.2. The van der Waals surface area contributed by atoms with Crippen LogP contribution in [-0.2, 0) is 24.8 Å². The summed E-state index contributed by atoms with van der Waals surface area (Å²) in [5.74, 6) is -1.05. The zero-order valence-electron chi connectivity index (χ0n) is 23.0. The molecule has 0 saturated carbocycles. The van der Waals surface area contributed by atoms with Crippen LogP contribution in [0.3, 0.4) is 0 Å². The summed E-state index contributed by atoms with van der Waals surface area (Å²) in [5, 5.41) is 2.26. The van der Waals surface area contributed by atoms with E-state index in [0.29, 0.717) is 18.8 Å². The smallest absolute Gasteiger partial charge is 0.264 e. The molecule has 4 rings (SSSR count). The molecule has 1 heterocycles. The van der Waals surface area contributed by atoms with Crippen LogP contribution in [0.25, 0.3) is 0 Å². The van der Waals surface area contributed by atoms with Gasteiger partial charge in [0.05, 0.1) is 34.7 Å². The number of sulfonamides is 2. The van der Waals surface area contributed by atoms with Crippen molar-refractivity contribution < 1.29 is 35.5 Å². The third-order valence-electron chi connectivity index (χ3n) is 6.76. The third kappa shape index (κ3) is 6.97. The molecule has 3 aromatic carbocycles. The number of methoxy groups -OCH3 is 2. The highest BCUT2D eigenvalue weighted by molar-refractivity contribution is 7.92. The Kier molecular flexibility index (Phi) is 9.97. The number of ether oxygens (including phenoxy) is 2. The normalized spacial score (nSPS) is 14.6. The Balaban J connectivity index is 1.59. The molecular weight excluding hydrogens is 609 g/mol. The van der Waals surface area contributed by atoms with Crippen molar-refractivity contribution in [2.45, 2.75) is 35.5 Å². The van der Waals surface area contributed by atoms with Crippen molar-refractivity contribution in [3.8, 4) is 11.5 Å². The average Bonchev–Trinajstić information content (AvgIpc) is 3.28. The number of amides is 1. The molecule has 0 bridgehead atoms. The first-order valence-corrected chi connectivity index (χ1v) is 16.3. The molecule has 42 heavy (non-hydrogen) atoms. The molecule has 3 aromatic rings. The maximum atomic E-state index is 13.9. The number of carbonyl (C=O) groups excluding carboxylic acids is 1. The molecule has 0 radical (unpaired) electrons. The van der Waals surface area contributed by atoms with E-state index in [0.717, 1.165) is 42.1 Å². The van der Waals surface area contributed by atoms with Crippen molar-refractivity contribution >= 4 is 48.9 Å². The Morgan fingerprint density at radius 2 is 1.50 bits per heavy atom. The molecule has 1 amide bonds. The minimum absolute atomic E-state index is 0.0507. The summed E-state index contributed by atoms with van der Waals surface area (Å²) in [7, 11) is -5.33. The molecule has 1 saturated heterocycles. The SMILES string of the molecule is COc1ccc(S(=O)(=O)N(CC(=O)Nc2ccc(S(=O)(=O)N3CCCCCC3)cc2)c2ccc(F)c(Cl)c2)cc1OC. The van der Waals surface area contributed by atoms with Gasteiger partial charge >= 0.3 is 0 Å². The van der Waals surface area contributed by atoms with Crippen LogP contribution in [0.5, 0.6) is 11.5 Å². The number of hydrogen-bond acceptors (Lipinski definition) is 7. The van der Waals surface area contributed by atoms with Crippen LogP contribution in [-0.4, -0.2) is 60.9 Å². The summed E-state index contributed by atoms with van der Waals surface area (Å²) >= 11 is 5.94. The molecule has 1 aliphatic heterocycles. The van der Waals surface area contributed by atoms with Gasteiger partial charge < -0.3 is 14.8 Å². The molecular formula is C28H31ClFN3O7S2. The minimum Gasteiger partial charge on any atom is -0.493 e. The van der Waals surface area contributed by atoms with Gasteiger partial charge in [-0.15, -0.1) is 0 Å². The summed E-state index contributed by atoms with van der Waals surface area (Å²) in [6.45, 7) is 0.212. The fraction of sp³-hybridized carbons (Fsp3) is 0.321. The highest BCUT2D eigenvalue weighted by Crippen LogP contribution is 2.33. The largest absolute Gasteiger partial charge is 0.493 e. The summed E-state index contributed by atoms with van der Waals surface area (Å²) in [6.07, 6.45) is 3.57. The first kappa shape index (κ1) is 31.5. The Labute approximate surface area is 250 Å². The Morgan fingerprint density at radius 3 is 2.10 bits per heavy atom. The number of nitrogens with one attached hydrogen (secondary N) is 1. The van der Waals surface area contributed by atoms with Crippen LogP contribution in [0.4, 0.5) is 15.8 Å². The fourth-order valence-electron chi connectivity index (χ4n) is 4.53. The number of nitrogens with zero attached hydrogens (tertiary/aromatic N) is 2. The second-order valence-corrected chi connectivity index (χ2v) is 13.7. The fourth-order valence-corrected chi connectivity index (χ4v) is 7.65. The Bertz CT molecular complexity index is 1640. The molecule has 10 nitrogen and oxygen atoms in total. The van der Waals surface area contributed by atoms with E-state index in [1.54, 1.807) is 0 Å². The van der Waals surface area contributed by atoms with E-state index in [2.05, 4.69) is 5.32 Å². The lowest BCUT2D eigenvalue weighted by Crippen LogP contribution is -2.38. The molecule has 1 aliphatic rings. The Morgan fingerprint density at radius 1 is 0.881 bits per heavy atom. The van der Waals surface area contributed by atoms with Crippen LogP contribution in [0, 0.1) is 5.82 Å². The summed E-state index contributed by atoms with van der Waals surface area (Å²) in [5.41, 5.74) is 0.209. The van der Waals surface area contributed by atoms with E-state index in [4.69, 9.17) is 21.1 Å². The highest BCUT2D eigenvalue weighted by atomic mass is 35.5. The van der Waals surface area contributed by atoms with Crippen molar-refractivity contribution in [2.24, 2.45) is 0 Å². The highest BCUT2D eigenvalue weighted by Gasteiger charge is 2.29. The first-order chi connectivity index (χ1) is 20.0. The standard InChI is InChI=1S/C28H31ClFN3O7S2/c1-39-26-14-12-23(18-27(26)40-2)42(37,38)33(21-9-13-25(30)24(29)17-21)19-28(34)31-20-7-10-22(11-8-20)41(35,36)32-15-5-3-4-6-16-32/h7-14,17-18H,3-6,15-16,19H2,1-2H3,(H,31,34). The molecule has 0 aliphatic carbocycles. The summed E-state index contributed by atoms with van der Waals surface area (Å²) in [6, 6.07) is 12.9. The molecule has 0 spiro atoms. The van der Waals surface area contributed by atoms with E-state index in [1.807, 2.05) is 0 Å². The minimum atomic E-state index is -4.40. The van der Waals surface area contributed by atoms with Crippen LogP contribution < -0.4 is 19.1 Å². The molecule has 1 fully saturated rings. The number of rotatable bonds is 10. The van der Waals surface area contributed by atoms with Crippen molar-refractivity contribution in [1.29, 1.82) is 0 Å². The zero-order chi connectivity index (χ0) is 30.5. The van der Waals surface area contributed by atoms with Crippen LogP contribution in [0.15, 0.2) is 70.5 Å². The van der Waals surface area contributed by atoms with Gasteiger partial charge in [-0.1, -0.05) is 24.4 Å². The zero-order valence-corrected chi connectivity index (χ0v) is 25.4. The van der Waals surface area contributed by atoms with Crippen LogP contribution >= 0.6 is 11.6 Å². The van der Waals surface area contributed by atoms with E-state index in [-0.39, 0.29) is 31.9 Å². The van der Waals surface area contributed by atoms with Gasteiger partial charge in [-0.3, -0.25) is 9.10 Å². The van der Waals surface area contributed by atoms with Gasteiger partial charge in [-0.25, -0.2) is 21.2 Å². The lowest BCUT2D eigenvalue weighted by molar-refractivity contribution is -0.114. The quantitative estimate of drug-likeness (QED) is 0.335. The van der Waals surface area contributed by atoms with Gasteiger partial charge in [0.2, 0.25) is 15.9 Å². The number of carbonyl (C=O) groups is 1. The van der Waals surface area contributed by atoms with Crippen molar-refractivity contribution in [3.63, 3.8) is 0 Å². The predicted molar refractivity (Wildman–Crippen MR) is 158 cm³/mol. The van der Waals surface area contributed by atoms with Gasteiger partial charge in [0.1, 0.15) is 12.4 Å². The molecule has 226 valence electrons. The van der Waals surface area contributed by atoms with E-state index in [9.17, 15) is 26.0 Å². The predicted octanol–water partition coefficient (Wildman–Crippen LogP) is 4.90. The number of anilines is 2. The molecule has 0 unspecified atom stereocenters. The summed E-state index contributed by atoms with van der Waals surface area (Å²) < 4.78 is 80.2. The molecule has 14 heteroatoms. The first-order valence-electron chi connectivity index (χ1n) is 13.1. The van der Waals surface area contributed by atoms with E-state index >= 15 is 0 Å².